The molecule has 1 aromatic rings. The summed E-state index contributed by atoms with van der Waals surface area (Å²) < 4.78 is 0. The van der Waals surface area contributed by atoms with Gasteiger partial charge in [-0.25, -0.2) is 0 Å². The largest absolute Gasteiger partial charge is 0.385 e. The summed E-state index contributed by atoms with van der Waals surface area (Å²) in [6, 6.07) is 4.18. The Morgan fingerprint density at radius 3 is 2.94 bits per heavy atom. The molecule has 0 aromatic carbocycles. The first kappa shape index (κ1) is 12.4. The molecule has 0 unspecified atom stereocenters. The van der Waals surface area contributed by atoms with Crippen LogP contribution in [0.1, 0.15) is 31.9 Å². The van der Waals surface area contributed by atoms with Crippen LogP contribution in [-0.2, 0) is 6.54 Å². The molecule has 0 radical (unpaired) electrons. The first-order valence-electron chi connectivity index (χ1n) is 6.65. The molecule has 1 aromatic heterocycles. The number of hydrogen-bond acceptors (Lipinski definition) is 3. The van der Waals surface area contributed by atoms with E-state index in [0.717, 1.165) is 24.7 Å². The van der Waals surface area contributed by atoms with E-state index in [2.05, 4.69) is 35.2 Å². The molecular weight excluding hydrogens is 210 g/mol. The number of nitrogens with one attached hydrogen (secondary N) is 1. The third kappa shape index (κ3) is 3.70. The van der Waals surface area contributed by atoms with Gasteiger partial charge in [0, 0.05) is 31.5 Å². The zero-order valence-electron chi connectivity index (χ0n) is 10.9. The zero-order chi connectivity index (χ0) is 12.1. The highest BCUT2D eigenvalue weighted by molar-refractivity contribution is 5.42. The van der Waals surface area contributed by atoms with E-state index in [0.29, 0.717) is 0 Å². The first-order chi connectivity index (χ1) is 8.28. The maximum atomic E-state index is 4.43. The molecule has 2 rings (SSSR count). The van der Waals surface area contributed by atoms with Crippen molar-refractivity contribution in [2.75, 3.05) is 25.5 Å². The predicted molar refractivity (Wildman–Crippen MR) is 72.1 cm³/mol. The Morgan fingerprint density at radius 1 is 1.47 bits per heavy atom. The number of rotatable bonds is 6. The fourth-order valence-corrected chi connectivity index (χ4v) is 2.34. The van der Waals surface area contributed by atoms with Gasteiger partial charge in [0.05, 0.1) is 5.69 Å². The van der Waals surface area contributed by atoms with Crippen molar-refractivity contribution in [2.24, 2.45) is 5.92 Å². The van der Waals surface area contributed by atoms with Gasteiger partial charge >= 0.3 is 0 Å². The van der Waals surface area contributed by atoms with Crippen LogP contribution >= 0.6 is 0 Å². The molecule has 0 bridgehead atoms. The van der Waals surface area contributed by atoms with Crippen molar-refractivity contribution in [2.45, 2.75) is 32.7 Å². The Labute approximate surface area is 104 Å². The van der Waals surface area contributed by atoms with Crippen molar-refractivity contribution in [3.05, 3.63) is 24.0 Å². The second-order valence-corrected chi connectivity index (χ2v) is 5.06. The fraction of sp³-hybridized carbons (Fsp3) is 0.643. The van der Waals surface area contributed by atoms with Crippen molar-refractivity contribution in [3.8, 4) is 0 Å². The van der Waals surface area contributed by atoms with Crippen LogP contribution in [-0.4, -0.2) is 30.0 Å². The lowest BCUT2D eigenvalue weighted by molar-refractivity contribution is 0.199. The van der Waals surface area contributed by atoms with E-state index in [1.54, 1.807) is 0 Å². The van der Waals surface area contributed by atoms with Crippen LogP contribution in [0.2, 0.25) is 0 Å². The van der Waals surface area contributed by atoms with E-state index in [1.165, 1.54) is 31.5 Å². The average molecular weight is 233 g/mol. The standard InChI is InChI=1S/C14H23N3/c1-3-15-13-7-8-16-14(9-13)11-17(2)10-12-5-4-6-12/h7-9,12H,3-6,10-11H2,1-2H3,(H,15,16). The quantitative estimate of drug-likeness (QED) is 0.819. The highest BCUT2D eigenvalue weighted by atomic mass is 15.1. The Hall–Kier alpha value is -1.09. The molecule has 0 aliphatic heterocycles. The molecule has 1 heterocycles. The summed E-state index contributed by atoms with van der Waals surface area (Å²) in [5, 5.41) is 3.33. The van der Waals surface area contributed by atoms with Gasteiger partial charge in [0.25, 0.3) is 0 Å². The van der Waals surface area contributed by atoms with Crippen LogP contribution in [0.4, 0.5) is 5.69 Å². The van der Waals surface area contributed by atoms with Gasteiger partial charge in [0.2, 0.25) is 0 Å². The van der Waals surface area contributed by atoms with Gasteiger partial charge in [-0.15, -0.1) is 0 Å². The van der Waals surface area contributed by atoms with Gasteiger partial charge in [-0.2, -0.15) is 0 Å². The number of anilines is 1. The third-order valence-electron chi connectivity index (χ3n) is 3.42. The number of pyridine rings is 1. The zero-order valence-corrected chi connectivity index (χ0v) is 10.9. The molecule has 0 amide bonds. The first-order valence-corrected chi connectivity index (χ1v) is 6.65. The van der Waals surface area contributed by atoms with E-state index in [1.807, 2.05) is 12.3 Å². The minimum absolute atomic E-state index is 0.928. The van der Waals surface area contributed by atoms with E-state index < -0.39 is 0 Å². The Balaban J connectivity index is 1.85. The minimum atomic E-state index is 0.928. The molecule has 0 saturated heterocycles. The molecule has 1 N–H and O–H groups in total. The summed E-state index contributed by atoms with van der Waals surface area (Å²) in [7, 11) is 2.19. The van der Waals surface area contributed by atoms with Gasteiger partial charge in [0.1, 0.15) is 0 Å². The smallest absolute Gasteiger partial charge is 0.0564 e. The second-order valence-electron chi connectivity index (χ2n) is 5.06. The van der Waals surface area contributed by atoms with Gasteiger partial charge < -0.3 is 10.2 Å². The third-order valence-corrected chi connectivity index (χ3v) is 3.42. The summed E-state index contributed by atoms with van der Waals surface area (Å²) in [5.41, 5.74) is 2.33. The average Bonchev–Trinajstić information content (AvgIpc) is 2.25. The second kappa shape index (κ2) is 6.01. The molecule has 1 aliphatic carbocycles. The molecule has 0 spiro atoms. The Bertz CT molecular complexity index is 347. The maximum Gasteiger partial charge on any atom is 0.0564 e. The molecule has 3 nitrogen and oxygen atoms in total. The molecule has 1 fully saturated rings. The van der Waals surface area contributed by atoms with Crippen LogP contribution in [0.3, 0.4) is 0 Å². The SMILES string of the molecule is CCNc1ccnc(CN(C)CC2CCC2)c1. The van der Waals surface area contributed by atoms with Gasteiger partial charge in [-0.05, 0) is 44.9 Å². The Kier molecular flexibility index (Phi) is 4.37. The van der Waals surface area contributed by atoms with E-state index >= 15 is 0 Å². The van der Waals surface area contributed by atoms with E-state index in [4.69, 9.17) is 0 Å². The number of aromatic nitrogens is 1. The van der Waals surface area contributed by atoms with Crippen molar-refractivity contribution in [1.29, 1.82) is 0 Å². The van der Waals surface area contributed by atoms with Crippen molar-refractivity contribution in [3.63, 3.8) is 0 Å². The van der Waals surface area contributed by atoms with Crippen molar-refractivity contribution >= 4 is 5.69 Å². The van der Waals surface area contributed by atoms with Crippen LogP contribution in [0.25, 0.3) is 0 Å². The summed E-state index contributed by atoms with van der Waals surface area (Å²) in [5.74, 6) is 0.928. The monoisotopic (exact) mass is 233 g/mol. The lowest BCUT2D eigenvalue weighted by Gasteiger charge is -2.29. The van der Waals surface area contributed by atoms with Gasteiger partial charge in [-0.3, -0.25) is 4.98 Å². The van der Waals surface area contributed by atoms with Gasteiger partial charge in [-0.1, -0.05) is 6.42 Å². The Morgan fingerprint density at radius 2 is 2.29 bits per heavy atom. The topological polar surface area (TPSA) is 28.2 Å². The van der Waals surface area contributed by atoms with Crippen LogP contribution in [0.5, 0.6) is 0 Å². The number of hydrogen-bond donors (Lipinski definition) is 1. The fourth-order valence-electron chi connectivity index (χ4n) is 2.34. The summed E-state index contributed by atoms with van der Waals surface area (Å²) in [6.45, 7) is 5.24. The number of nitrogens with zero attached hydrogens (tertiary/aromatic N) is 2. The lowest BCUT2D eigenvalue weighted by Crippen LogP contribution is -2.29. The molecule has 94 valence electrons. The lowest BCUT2D eigenvalue weighted by atomic mass is 9.85. The molecule has 1 saturated carbocycles. The van der Waals surface area contributed by atoms with Crippen LogP contribution < -0.4 is 5.32 Å². The van der Waals surface area contributed by atoms with Gasteiger partial charge in [0.15, 0.2) is 0 Å². The van der Waals surface area contributed by atoms with Crippen LogP contribution in [0.15, 0.2) is 18.3 Å². The van der Waals surface area contributed by atoms with Crippen LogP contribution in [0, 0.1) is 5.92 Å². The molecular formula is C14H23N3. The summed E-state index contributed by atoms with van der Waals surface area (Å²) in [6.07, 6.45) is 6.14. The maximum absolute atomic E-state index is 4.43. The normalized spacial score (nSPS) is 15.9. The molecule has 0 atom stereocenters. The predicted octanol–water partition coefficient (Wildman–Crippen LogP) is 2.75. The minimum Gasteiger partial charge on any atom is -0.385 e. The molecule has 1 aliphatic rings. The summed E-state index contributed by atoms with van der Waals surface area (Å²) in [4.78, 5) is 6.82. The molecule has 17 heavy (non-hydrogen) atoms. The summed E-state index contributed by atoms with van der Waals surface area (Å²) >= 11 is 0. The van der Waals surface area contributed by atoms with E-state index in [-0.39, 0.29) is 0 Å². The highest BCUT2D eigenvalue weighted by Crippen LogP contribution is 2.27. The highest BCUT2D eigenvalue weighted by Gasteiger charge is 2.19. The van der Waals surface area contributed by atoms with E-state index in [9.17, 15) is 0 Å². The molecule has 3 heteroatoms. The van der Waals surface area contributed by atoms with Crippen molar-refractivity contribution in [1.82, 2.24) is 9.88 Å². The van der Waals surface area contributed by atoms with Crippen molar-refractivity contribution < 1.29 is 0 Å².